The molecular formula is C32H65ClSi7. The molecule has 0 saturated heterocycles. The van der Waals surface area contributed by atoms with Crippen LogP contribution in [0, 0.1) is 0 Å². The lowest BCUT2D eigenvalue weighted by Gasteiger charge is -2.47. The topological polar surface area (TPSA) is 0 Å². The molecule has 0 radical (unpaired) electrons. The first kappa shape index (κ1) is 36.7. The van der Waals surface area contributed by atoms with E-state index in [2.05, 4.69) is 154 Å². The van der Waals surface area contributed by atoms with E-state index in [0.717, 1.165) is 11.2 Å². The molecule has 0 aromatic heterocycles. The normalized spacial score (nSPS) is 19.9. The van der Waals surface area contributed by atoms with Gasteiger partial charge in [-0.25, -0.2) is 0 Å². The van der Waals surface area contributed by atoms with Gasteiger partial charge in [-0.05, 0) is 43.4 Å². The highest BCUT2D eigenvalue weighted by Gasteiger charge is 2.49. The molecule has 0 N–H and O–H groups in total. The largest absolute Gasteiger partial charge is 0.214 e. The van der Waals surface area contributed by atoms with Gasteiger partial charge in [-0.3, -0.25) is 0 Å². The lowest BCUT2D eigenvalue weighted by Crippen LogP contribution is -2.57. The Labute approximate surface area is 262 Å². The van der Waals surface area contributed by atoms with Crippen molar-refractivity contribution in [3.63, 3.8) is 0 Å². The second-order valence-electron chi connectivity index (χ2n) is 19.4. The maximum absolute atomic E-state index is 8.09. The highest BCUT2D eigenvalue weighted by molar-refractivity contribution is 7.31. The van der Waals surface area contributed by atoms with E-state index in [1.54, 1.807) is 21.9 Å². The van der Waals surface area contributed by atoms with Crippen molar-refractivity contribution in [2.24, 2.45) is 0 Å². The van der Waals surface area contributed by atoms with Crippen LogP contribution in [0.15, 0.2) is 36.1 Å². The van der Waals surface area contributed by atoms with Crippen molar-refractivity contribution in [2.75, 3.05) is 0 Å². The fourth-order valence-corrected chi connectivity index (χ4v) is 52.0. The zero-order chi connectivity index (χ0) is 31.5. The van der Waals surface area contributed by atoms with E-state index in [1.165, 1.54) is 0 Å². The summed E-state index contributed by atoms with van der Waals surface area (Å²) in [4.78, 5) is 0. The molecule has 0 bridgehead atoms. The van der Waals surface area contributed by atoms with Gasteiger partial charge in [-0.2, -0.15) is 11.1 Å². The quantitative estimate of drug-likeness (QED) is 0.170. The Morgan fingerprint density at radius 3 is 1.10 bits per heavy atom. The summed E-state index contributed by atoms with van der Waals surface area (Å²) in [6.07, 6.45) is 6.90. The fourth-order valence-electron chi connectivity index (χ4n) is 9.36. The van der Waals surface area contributed by atoms with Crippen molar-refractivity contribution in [3.8, 4) is 0 Å². The first-order valence-electron chi connectivity index (χ1n) is 15.7. The minimum absolute atomic E-state index is 0.698. The van der Waals surface area contributed by atoms with Crippen LogP contribution in [0.1, 0.15) is 32.2 Å². The average Bonchev–Trinajstić information content (AvgIpc) is 2.61. The minimum atomic E-state index is -2.38. The molecular weight excluding hydrogens is 616 g/mol. The number of halogens is 1. The van der Waals surface area contributed by atoms with Crippen LogP contribution in [0.25, 0.3) is 0 Å². The van der Waals surface area contributed by atoms with Crippen molar-refractivity contribution in [1.82, 2.24) is 0 Å². The Balaban J connectivity index is 3.36. The van der Waals surface area contributed by atoms with E-state index in [4.69, 9.17) is 11.1 Å². The third-order valence-corrected chi connectivity index (χ3v) is 41.1. The molecule has 1 heterocycles. The SMILES string of the molecule is C[Si](C)(C)C(c1cc(C([Si](C)(C)C)[Si](C)(C)C)c([Si]2(Cl)C=CC=CC2)c(C([Si](C)(C)C)[Si](C)(C)C)c1)[Si](C)(C)C. The zero-order valence-electron chi connectivity index (χ0n) is 29.8. The van der Waals surface area contributed by atoms with E-state index >= 15 is 0 Å². The smallest absolute Gasteiger partial charge is 0.155 e. The molecule has 0 nitrogen and oxygen atoms in total. The summed E-state index contributed by atoms with van der Waals surface area (Å²) in [6, 6.07) is 6.66. The number of hydrogen-bond acceptors (Lipinski definition) is 0. The van der Waals surface area contributed by atoms with Crippen molar-refractivity contribution in [3.05, 3.63) is 52.8 Å². The monoisotopic (exact) mass is 680 g/mol. The van der Waals surface area contributed by atoms with Gasteiger partial charge in [0.15, 0.2) is 0 Å². The van der Waals surface area contributed by atoms with Crippen LogP contribution in [0.3, 0.4) is 0 Å². The molecule has 8 heteroatoms. The lowest BCUT2D eigenvalue weighted by atomic mass is 10.1. The number of rotatable bonds is 10. The van der Waals surface area contributed by atoms with Gasteiger partial charge in [0.2, 0.25) is 7.38 Å². The number of hydrogen-bond donors (Lipinski definition) is 0. The van der Waals surface area contributed by atoms with Gasteiger partial charge in [0.25, 0.3) is 0 Å². The van der Waals surface area contributed by atoms with Gasteiger partial charge < -0.3 is 0 Å². The highest BCUT2D eigenvalue weighted by Crippen LogP contribution is 2.45. The van der Waals surface area contributed by atoms with Gasteiger partial charge in [0.1, 0.15) is 0 Å². The van der Waals surface area contributed by atoms with Gasteiger partial charge in [-0.15, -0.1) is 0 Å². The second kappa shape index (κ2) is 11.8. The molecule has 1 atom stereocenters. The minimum Gasteiger partial charge on any atom is -0.155 e. The van der Waals surface area contributed by atoms with E-state index in [9.17, 15) is 0 Å². The molecule has 0 amide bonds. The van der Waals surface area contributed by atoms with Crippen LogP contribution in [-0.4, -0.2) is 55.8 Å². The molecule has 0 aliphatic carbocycles. The van der Waals surface area contributed by atoms with Gasteiger partial charge in [0, 0.05) is 48.4 Å². The summed E-state index contributed by atoms with van der Waals surface area (Å²) in [5, 5.41) is 3.81. The van der Waals surface area contributed by atoms with Gasteiger partial charge in [0.05, 0.1) is 0 Å². The fraction of sp³-hybridized carbons (Fsp3) is 0.688. The van der Waals surface area contributed by atoms with Crippen LogP contribution in [0.5, 0.6) is 0 Å². The summed E-state index contributed by atoms with van der Waals surface area (Å²) >= 11 is 8.09. The highest BCUT2D eigenvalue weighted by atomic mass is 35.6. The molecule has 1 aliphatic rings. The molecule has 0 saturated carbocycles. The number of allylic oxidation sites excluding steroid dienone is 3. The van der Waals surface area contributed by atoms with Crippen LogP contribution in [0.2, 0.25) is 124 Å². The summed E-state index contributed by atoms with van der Waals surface area (Å²) in [5.74, 6) is 0. The van der Waals surface area contributed by atoms with Crippen molar-refractivity contribution in [1.29, 1.82) is 0 Å². The van der Waals surface area contributed by atoms with Gasteiger partial charge in [-0.1, -0.05) is 154 Å². The van der Waals surface area contributed by atoms with Crippen molar-refractivity contribution >= 4 is 72.1 Å². The predicted octanol–water partition coefficient (Wildman–Crippen LogP) is 11.3. The molecule has 40 heavy (non-hydrogen) atoms. The standard InChI is InChI=1S/C32H65ClSi7/c1-34(2,3)30(35(4,5)6)26-24-27(31(36(7,8)9)37(10,11)12)29(40(33)22-20-19-21-23-40)28(25-26)32(38(13,14)15)39(16,17)18/h19-22,24-25,30-32H,23H2,1-18H3. The van der Waals surface area contributed by atoms with Crippen molar-refractivity contribution < 1.29 is 0 Å². The number of benzene rings is 1. The third kappa shape index (κ3) is 8.36. The lowest BCUT2D eigenvalue weighted by molar-refractivity contribution is 1.09. The Kier molecular flexibility index (Phi) is 10.8. The van der Waals surface area contributed by atoms with Crippen LogP contribution in [-0.2, 0) is 0 Å². The average molecular weight is 682 g/mol. The van der Waals surface area contributed by atoms with Crippen molar-refractivity contribution in [2.45, 2.75) is 139 Å². The van der Waals surface area contributed by atoms with E-state index in [1.807, 2.05) is 0 Å². The molecule has 1 unspecified atom stereocenters. The summed E-state index contributed by atoms with van der Waals surface area (Å²) in [5.41, 5.74) is 7.66. The predicted molar refractivity (Wildman–Crippen MR) is 209 cm³/mol. The Morgan fingerprint density at radius 1 is 0.525 bits per heavy atom. The first-order valence-corrected chi connectivity index (χ1v) is 40.5. The Morgan fingerprint density at radius 2 is 0.850 bits per heavy atom. The van der Waals surface area contributed by atoms with E-state index in [0.29, 0.717) is 10.3 Å². The third-order valence-electron chi connectivity index (χ3n) is 8.81. The maximum Gasteiger partial charge on any atom is 0.214 e. The Hall–Kier alpha value is 0.508. The van der Waals surface area contributed by atoms with Crippen LogP contribution < -0.4 is 5.19 Å². The molecule has 2 rings (SSSR count). The summed E-state index contributed by atoms with van der Waals surface area (Å²) in [6.45, 7) is 47.6. The molecule has 1 aromatic rings. The van der Waals surface area contributed by atoms with Crippen LogP contribution in [0.4, 0.5) is 0 Å². The maximum atomic E-state index is 8.09. The van der Waals surface area contributed by atoms with Crippen LogP contribution >= 0.6 is 11.1 Å². The molecule has 0 spiro atoms. The molecule has 228 valence electrons. The first-order chi connectivity index (χ1) is 17.5. The van der Waals surface area contributed by atoms with Gasteiger partial charge >= 0.3 is 0 Å². The van der Waals surface area contributed by atoms with E-state index < -0.39 is 55.8 Å². The zero-order valence-corrected chi connectivity index (χ0v) is 37.5. The Bertz CT molecular complexity index is 1020. The molecule has 0 fully saturated rings. The molecule has 1 aromatic carbocycles. The summed E-state index contributed by atoms with van der Waals surface area (Å²) in [7, 11) is -11.6. The molecule has 1 aliphatic heterocycles. The van der Waals surface area contributed by atoms with E-state index in [-0.39, 0.29) is 0 Å². The second-order valence-corrected chi connectivity index (χ2v) is 58.0. The summed E-state index contributed by atoms with van der Waals surface area (Å²) < 4.78 is 0.